The van der Waals surface area contributed by atoms with Crippen molar-refractivity contribution >= 4 is 0 Å². The molecule has 14 heavy (non-hydrogen) atoms. The molecule has 1 atom stereocenters. The molecule has 1 heterocycles. The summed E-state index contributed by atoms with van der Waals surface area (Å²) >= 11 is 0. The Bertz CT molecular complexity index is 217. The number of ether oxygens (including phenoxy) is 2. The van der Waals surface area contributed by atoms with E-state index < -0.39 is 5.79 Å². The van der Waals surface area contributed by atoms with Crippen molar-refractivity contribution in [3.63, 3.8) is 0 Å². The molecule has 1 fully saturated rings. The summed E-state index contributed by atoms with van der Waals surface area (Å²) in [6.07, 6.45) is 6.83. The zero-order valence-corrected chi connectivity index (χ0v) is 8.66. The van der Waals surface area contributed by atoms with Gasteiger partial charge in [-0.05, 0) is 18.9 Å². The Labute approximate surface area is 84.7 Å². The number of rotatable bonds is 2. The van der Waals surface area contributed by atoms with Gasteiger partial charge < -0.3 is 14.6 Å². The highest BCUT2D eigenvalue weighted by molar-refractivity contribution is 5.11. The fourth-order valence-corrected chi connectivity index (χ4v) is 2.14. The Morgan fingerprint density at radius 2 is 1.93 bits per heavy atom. The van der Waals surface area contributed by atoms with Crippen molar-refractivity contribution in [2.75, 3.05) is 19.8 Å². The van der Waals surface area contributed by atoms with E-state index in [0.717, 1.165) is 19.3 Å². The molecule has 1 aliphatic heterocycles. The molecule has 1 unspecified atom stereocenters. The highest BCUT2D eigenvalue weighted by atomic mass is 16.7. The van der Waals surface area contributed by atoms with E-state index in [1.165, 1.54) is 0 Å². The summed E-state index contributed by atoms with van der Waals surface area (Å²) in [6, 6.07) is 0. The quantitative estimate of drug-likeness (QED) is 0.683. The van der Waals surface area contributed by atoms with E-state index in [9.17, 15) is 5.11 Å². The first-order valence-corrected chi connectivity index (χ1v) is 5.33. The molecule has 0 aromatic carbocycles. The molecule has 0 radical (unpaired) electrons. The van der Waals surface area contributed by atoms with Crippen LogP contribution in [0.2, 0.25) is 0 Å². The van der Waals surface area contributed by atoms with E-state index in [4.69, 9.17) is 9.47 Å². The van der Waals surface area contributed by atoms with Gasteiger partial charge >= 0.3 is 0 Å². The van der Waals surface area contributed by atoms with Gasteiger partial charge in [-0.1, -0.05) is 13.0 Å². The van der Waals surface area contributed by atoms with Crippen molar-refractivity contribution in [3.05, 3.63) is 12.2 Å². The van der Waals surface area contributed by atoms with Crippen LogP contribution in [0.4, 0.5) is 0 Å². The summed E-state index contributed by atoms with van der Waals surface area (Å²) in [6.45, 7) is 3.69. The third-order valence-electron chi connectivity index (χ3n) is 3.46. The van der Waals surface area contributed by atoms with Crippen molar-refractivity contribution < 1.29 is 14.6 Å². The van der Waals surface area contributed by atoms with Gasteiger partial charge in [0.2, 0.25) is 0 Å². The largest absolute Gasteiger partial charge is 0.395 e. The molecule has 0 saturated carbocycles. The van der Waals surface area contributed by atoms with Gasteiger partial charge in [-0.25, -0.2) is 0 Å². The lowest BCUT2D eigenvalue weighted by atomic mass is 9.76. The van der Waals surface area contributed by atoms with Crippen LogP contribution in [0.3, 0.4) is 0 Å². The second kappa shape index (κ2) is 3.65. The predicted octanol–water partition coefficient (Wildman–Crippen LogP) is 1.47. The smallest absolute Gasteiger partial charge is 0.188 e. The number of aliphatic hydroxyl groups excluding tert-OH is 1. The molecule has 3 heteroatoms. The minimum absolute atomic E-state index is 0.0411. The van der Waals surface area contributed by atoms with Gasteiger partial charge in [0.15, 0.2) is 5.79 Å². The molecule has 1 spiro atoms. The Morgan fingerprint density at radius 1 is 1.21 bits per heavy atom. The lowest BCUT2D eigenvalue weighted by Crippen LogP contribution is -2.36. The molecule has 0 bridgehead atoms. The van der Waals surface area contributed by atoms with Gasteiger partial charge in [-0.3, -0.25) is 0 Å². The number of hydrogen-bond acceptors (Lipinski definition) is 3. The lowest BCUT2D eigenvalue weighted by Gasteiger charge is -2.37. The minimum Gasteiger partial charge on any atom is -0.395 e. The molecular weight excluding hydrogens is 180 g/mol. The Balaban J connectivity index is 2.12. The van der Waals surface area contributed by atoms with Gasteiger partial charge in [-0.2, -0.15) is 0 Å². The van der Waals surface area contributed by atoms with Crippen LogP contribution in [0.25, 0.3) is 0 Å². The van der Waals surface area contributed by atoms with Gasteiger partial charge in [0.05, 0.1) is 19.8 Å². The molecular formula is C11H18O3. The third kappa shape index (κ3) is 1.60. The SMILES string of the molecule is CCC1(CO)C=CC2(CC1)OCCO2. The first-order chi connectivity index (χ1) is 6.74. The van der Waals surface area contributed by atoms with Crippen molar-refractivity contribution in [2.45, 2.75) is 32.0 Å². The lowest BCUT2D eigenvalue weighted by molar-refractivity contribution is -0.133. The first-order valence-electron chi connectivity index (χ1n) is 5.33. The van der Waals surface area contributed by atoms with E-state index in [1.807, 2.05) is 6.08 Å². The van der Waals surface area contributed by atoms with Gasteiger partial charge in [0.25, 0.3) is 0 Å². The van der Waals surface area contributed by atoms with Gasteiger partial charge in [0, 0.05) is 11.8 Å². The fourth-order valence-electron chi connectivity index (χ4n) is 2.14. The van der Waals surface area contributed by atoms with Crippen molar-refractivity contribution in [1.29, 1.82) is 0 Å². The first kappa shape index (κ1) is 10.1. The van der Waals surface area contributed by atoms with E-state index in [2.05, 4.69) is 13.0 Å². The summed E-state index contributed by atoms with van der Waals surface area (Å²) in [5, 5.41) is 9.34. The molecule has 3 nitrogen and oxygen atoms in total. The molecule has 0 aromatic heterocycles. The molecule has 80 valence electrons. The van der Waals surface area contributed by atoms with Crippen molar-refractivity contribution in [3.8, 4) is 0 Å². The van der Waals surface area contributed by atoms with Crippen LogP contribution in [0, 0.1) is 5.41 Å². The fraction of sp³-hybridized carbons (Fsp3) is 0.818. The molecule has 1 saturated heterocycles. The van der Waals surface area contributed by atoms with Crippen LogP contribution in [-0.4, -0.2) is 30.7 Å². The van der Waals surface area contributed by atoms with Crippen molar-refractivity contribution in [2.24, 2.45) is 5.41 Å². The maximum absolute atomic E-state index is 9.34. The topological polar surface area (TPSA) is 38.7 Å². The summed E-state index contributed by atoms with van der Waals surface area (Å²) in [5.41, 5.74) is -0.0411. The Hall–Kier alpha value is -0.380. The van der Waals surface area contributed by atoms with Crippen molar-refractivity contribution in [1.82, 2.24) is 0 Å². The maximum atomic E-state index is 9.34. The zero-order chi connectivity index (χ0) is 10.1. The molecule has 1 N–H and O–H groups in total. The average Bonchev–Trinajstić information content (AvgIpc) is 2.69. The van der Waals surface area contributed by atoms with E-state index in [1.54, 1.807) is 0 Å². The third-order valence-corrected chi connectivity index (χ3v) is 3.46. The van der Waals surface area contributed by atoms with Crippen LogP contribution in [0.15, 0.2) is 12.2 Å². The maximum Gasteiger partial charge on any atom is 0.188 e. The second-order valence-electron chi connectivity index (χ2n) is 4.22. The number of hydrogen-bond donors (Lipinski definition) is 1. The van der Waals surface area contributed by atoms with Crippen LogP contribution < -0.4 is 0 Å². The molecule has 1 aliphatic carbocycles. The molecule has 2 aliphatic rings. The normalized spacial score (nSPS) is 35.3. The van der Waals surface area contributed by atoms with Crippen LogP contribution in [-0.2, 0) is 9.47 Å². The zero-order valence-electron chi connectivity index (χ0n) is 8.66. The highest BCUT2D eigenvalue weighted by Gasteiger charge is 2.41. The molecule has 0 amide bonds. The average molecular weight is 198 g/mol. The highest BCUT2D eigenvalue weighted by Crippen LogP contribution is 2.40. The van der Waals surface area contributed by atoms with Gasteiger partial charge in [0.1, 0.15) is 0 Å². The Morgan fingerprint density at radius 3 is 2.36 bits per heavy atom. The summed E-state index contributed by atoms with van der Waals surface area (Å²) in [5.74, 6) is -0.464. The Kier molecular flexibility index (Phi) is 2.64. The summed E-state index contributed by atoms with van der Waals surface area (Å²) in [7, 11) is 0. The van der Waals surface area contributed by atoms with Gasteiger partial charge in [-0.15, -0.1) is 0 Å². The standard InChI is InChI=1S/C11H18O3/c1-2-10(9-12)3-5-11(6-4-10)13-7-8-14-11/h3,5,12H,2,4,6-9H2,1H3. The second-order valence-corrected chi connectivity index (χ2v) is 4.22. The van der Waals surface area contributed by atoms with Crippen LogP contribution in [0.5, 0.6) is 0 Å². The minimum atomic E-state index is -0.464. The van der Waals surface area contributed by atoms with Crippen LogP contribution in [0.1, 0.15) is 26.2 Å². The molecule has 2 rings (SSSR count). The molecule has 0 aromatic rings. The number of aliphatic hydroxyl groups is 1. The summed E-state index contributed by atoms with van der Waals surface area (Å²) in [4.78, 5) is 0. The monoisotopic (exact) mass is 198 g/mol. The van der Waals surface area contributed by atoms with E-state index >= 15 is 0 Å². The van der Waals surface area contributed by atoms with E-state index in [0.29, 0.717) is 13.2 Å². The van der Waals surface area contributed by atoms with Crippen LogP contribution >= 0.6 is 0 Å². The predicted molar refractivity (Wildman–Crippen MR) is 52.8 cm³/mol. The van der Waals surface area contributed by atoms with E-state index in [-0.39, 0.29) is 12.0 Å². The summed E-state index contributed by atoms with van der Waals surface area (Å²) < 4.78 is 11.1.